The Kier molecular flexibility index (Phi) is 7.90. The number of aliphatic hydroxyl groups excluding tert-OH is 1. The van der Waals surface area contributed by atoms with Crippen molar-refractivity contribution in [2.24, 2.45) is 0 Å². The van der Waals surface area contributed by atoms with Crippen molar-refractivity contribution in [3.8, 4) is 5.75 Å². The molecule has 1 amide bonds. The van der Waals surface area contributed by atoms with Crippen molar-refractivity contribution in [3.05, 3.63) is 57.8 Å². The first-order chi connectivity index (χ1) is 12.9. The number of hydrogen-bond donors (Lipinski definition) is 1. The Balaban J connectivity index is 2.21. The van der Waals surface area contributed by atoms with Gasteiger partial charge in [0.15, 0.2) is 0 Å². The molecule has 2 unspecified atom stereocenters. The van der Waals surface area contributed by atoms with E-state index >= 15 is 0 Å². The zero-order valence-corrected chi connectivity index (χ0v) is 17.2. The van der Waals surface area contributed by atoms with Crippen LogP contribution in [0.2, 0.25) is 10.0 Å². The molecular weight excluding hydrogens is 387 g/mol. The predicted molar refractivity (Wildman–Crippen MR) is 107 cm³/mol. The molecule has 1 aromatic carbocycles. The Morgan fingerprint density at radius 3 is 2.67 bits per heavy atom. The van der Waals surface area contributed by atoms with Gasteiger partial charge in [-0.15, -0.1) is 0 Å². The number of carbonyl (C=O) groups excluding carboxylic acids is 1. The Hall–Kier alpha value is -1.82. The lowest BCUT2D eigenvalue weighted by Crippen LogP contribution is -2.43. The van der Waals surface area contributed by atoms with E-state index in [4.69, 9.17) is 27.9 Å². The van der Waals surface area contributed by atoms with E-state index in [9.17, 15) is 9.90 Å². The molecule has 0 aliphatic heterocycles. The van der Waals surface area contributed by atoms with Crippen molar-refractivity contribution in [3.63, 3.8) is 0 Å². The summed E-state index contributed by atoms with van der Waals surface area (Å²) in [6.07, 6.45) is 3.19. The molecule has 1 N–H and O–H groups in total. The van der Waals surface area contributed by atoms with Crippen LogP contribution >= 0.6 is 23.2 Å². The van der Waals surface area contributed by atoms with Gasteiger partial charge in [0.2, 0.25) is 5.91 Å². The van der Waals surface area contributed by atoms with Gasteiger partial charge in [-0.2, -0.15) is 0 Å². The zero-order valence-electron chi connectivity index (χ0n) is 15.7. The maximum Gasteiger partial charge on any atom is 0.227 e. The van der Waals surface area contributed by atoms with E-state index in [-0.39, 0.29) is 12.3 Å². The Labute approximate surface area is 169 Å². The van der Waals surface area contributed by atoms with Crippen molar-refractivity contribution < 1.29 is 14.6 Å². The number of methoxy groups -OCH3 is 1. The molecule has 7 heteroatoms. The molecule has 1 heterocycles. The van der Waals surface area contributed by atoms with E-state index in [1.165, 1.54) is 7.11 Å². The molecule has 5 nitrogen and oxygen atoms in total. The van der Waals surface area contributed by atoms with Gasteiger partial charge in [0.25, 0.3) is 0 Å². The van der Waals surface area contributed by atoms with Crippen molar-refractivity contribution in [1.82, 2.24) is 9.88 Å². The average molecular weight is 411 g/mol. The summed E-state index contributed by atoms with van der Waals surface area (Å²) in [5.74, 6) is 0.447. The predicted octanol–water partition coefficient (Wildman–Crippen LogP) is 4.30. The number of pyridine rings is 1. The summed E-state index contributed by atoms with van der Waals surface area (Å²) in [5.41, 5.74) is 1.33. The van der Waals surface area contributed by atoms with E-state index in [0.717, 1.165) is 12.0 Å². The Bertz CT molecular complexity index is 786. The number of aliphatic hydroxyl groups is 1. The van der Waals surface area contributed by atoms with Crippen LogP contribution in [-0.2, 0) is 11.2 Å². The fourth-order valence-electron chi connectivity index (χ4n) is 2.95. The molecule has 0 saturated heterocycles. The zero-order chi connectivity index (χ0) is 20.0. The summed E-state index contributed by atoms with van der Waals surface area (Å²) >= 11 is 12.0. The Morgan fingerprint density at radius 1 is 1.30 bits per heavy atom. The van der Waals surface area contributed by atoms with Gasteiger partial charge in [0.05, 0.1) is 29.6 Å². The van der Waals surface area contributed by atoms with Gasteiger partial charge in [0, 0.05) is 24.5 Å². The van der Waals surface area contributed by atoms with Gasteiger partial charge < -0.3 is 14.7 Å². The van der Waals surface area contributed by atoms with Crippen LogP contribution in [0.4, 0.5) is 0 Å². The summed E-state index contributed by atoms with van der Waals surface area (Å²) in [4.78, 5) is 18.7. The van der Waals surface area contributed by atoms with Crippen LogP contribution in [0.1, 0.15) is 37.5 Å². The van der Waals surface area contributed by atoms with Gasteiger partial charge in [0.1, 0.15) is 11.9 Å². The smallest absolute Gasteiger partial charge is 0.227 e. The number of halogens is 2. The SMILES string of the molecule is CCCN(C(=O)Cc1ccc(Cl)c(Cl)c1)C(C)C(O)c1cnccc1OC. The van der Waals surface area contributed by atoms with Gasteiger partial charge >= 0.3 is 0 Å². The molecule has 0 fully saturated rings. The van der Waals surface area contributed by atoms with Crippen LogP contribution < -0.4 is 4.74 Å². The van der Waals surface area contributed by atoms with E-state index in [2.05, 4.69) is 4.98 Å². The van der Waals surface area contributed by atoms with Crippen LogP contribution in [0, 0.1) is 0 Å². The normalized spacial score (nSPS) is 13.1. The number of benzene rings is 1. The Morgan fingerprint density at radius 2 is 2.04 bits per heavy atom. The number of carbonyl (C=O) groups is 1. The number of aromatic nitrogens is 1. The lowest BCUT2D eigenvalue weighted by Gasteiger charge is -2.33. The standard InChI is InChI=1S/C20H24Cl2N2O3/c1-4-9-24(19(25)11-14-5-6-16(21)17(22)10-14)13(2)20(26)15-12-23-8-7-18(15)27-3/h5-8,10,12-13,20,26H,4,9,11H2,1-3H3. The monoisotopic (exact) mass is 410 g/mol. The lowest BCUT2D eigenvalue weighted by atomic mass is 10.0. The highest BCUT2D eigenvalue weighted by molar-refractivity contribution is 6.42. The largest absolute Gasteiger partial charge is 0.496 e. The third kappa shape index (κ3) is 5.34. The number of amides is 1. The second kappa shape index (κ2) is 9.93. The summed E-state index contributed by atoms with van der Waals surface area (Å²) in [5, 5.41) is 11.7. The van der Waals surface area contributed by atoms with Crippen LogP contribution in [0.5, 0.6) is 5.75 Å². The van der Waals surface area contributed by atoms with Crippen molar-refractivity contribution in [2.75, 3.05) is 13.7 Å². The highest BCUT2D eigenvalue weighted by atomic mass is 35.5. The minimum atomic E-state index is -0.919. The fourth-order valence-corrected chi connectivity index (χ4v) is 3.28. The third-order valence-corrected chi connectivity index (χ3v) is 5.16. The minimum absolute atomic E-state index is 0.0929. The number of nitrogens with zero attached hydrogens (tertiary/aromatic N) is 2. The molecule has 0 radical (unpaired) electrons. The second-order valence-corrected chi connectivity index (χ2v) is 7.13. The molecule has 2 rings (SSSR count). The minimum Gasteiger partial charge on any atom is -0.496 e. The lowest BCUT2D eigenvalue weighted by molar-refractivity contribution is -0.135. The van der Waals surface area contributed by atoms with Crippen molar-refractivity contribution in [1.29, 1.82) is 0 Å². The van der Waals surface area contributed by atoms with E-state index in [0.29, 0.717) is 27.9 Å². The van der Waals surface area contributed by atoms with E-state index in [1.807, 2.05) is 13.8 Å². The first-order valence-electron chi connectivity index (χ1n) is 8.78. The number of rotatable bonds is 8. The van der Waals surface area contributed by atoms with E-state index < -0.39 is 12.1 Å². The molecule has 2 aromatic rings. The maximum absolute atomic E-state index is 12.9. The average Bonchev–Trinajstić information content (AvgIpc) is 2.67. The van der Waals surface area contributed by atoms with Crippen LogP contribution in [0.25, 0.3) is 0 Å². The molecule has 0 aliphatic carbocycles. The van der Waals surface area contributed by atoms with Gasteiger partial charge in [-0.05, 0) is 37.1 Å². The molecule has 0 saturated carbocycles. The fraction of sp³-hybridized carbons (Fsp3) is 0.400. The van der Waals surface area contributed by atoms with Crippen LogP contribution in [0.15, 0.2) is 36.7 Å². The van der Waals surface area contributed by atoms with Crippen molar-refractivity contribution >= 4 is 29.1 Å². The van der Waals surface area contributed by atoms with Gasteiger partial charge in [-0.3, -0.25) is 9.78 Å². The quantitative estimate of drug-likeness (QED) is 0.704. The third-order valence-electron chi connectivity index (χ3n) is 4.42. The van der Waals surface area contributed by atoms with Crippen LogP contribution in [-0.4, -0.2) is 40.6 Å². The molecule has 1 aromatic heterocycles. The topological polar surface area (TPSA) is 62.7 Å². The molecule has 27 heavy (non-hydrogen) atoms. The van der Waals surface area contributed by atoms with Crippen LogP contribution in [0.3, 0.4) is 0 Å². The summed E-state index contributed by atoms with van der Waals surface area (Å²) in [6.45, 7) is 4.34. The molecule has 0 spiro atoms. The number of hydrogen-bond acceptors (Lipinski definition) is 4. The number of ether oxygens (including phenoxy) is 1. The summed E-state index contributed by atoms with van der Waals surface area (Å²) in [7, 11) is 1.54. The maximum atomic E-state index is 12.9. The first-order valence-corrected chi connectivity index (χ1v) is 9.54. The summed E-state index contributed by atoms with van der Waals surface area (Å²) in [6, 6.07) is 6.39. The first kappa shape index (κ1) is 21.5. The van der Waals surface area contributed by atoms with Gasteiger partial charge in [-0.25, -0.2) is 0 Å². The second-order valence-electron chi connectivity index (χ2n) is 6.32. The summed E-state index contributed by atoms with van der Waals surface area (Å²) < 4.78 is 5.31. The molecule has 146 valence electrons. The molecule has 0 aliphatic rings. The van der Waals surface area contributed by atoms with E-state index in [1.54, 1.807) is 41.6 Å². The molecule has 0 bridgehead atoms. The van der Waals surface area contributed by atoms with Gasteiger partial charge in [-0.1, -0.05) is 36.2 Å². The van der Waals surface area contributed by atoms with Crippen molar-refractivity contribution in [2.45, 2.75) is 38.8 Å². The molecular formula is C20H24Cl2N2O3. The highest BCUT2D eigenvalue weighted by Gasteiger charge is 2.28. The molecule has 2 atom stereocenters. The highest BCUT2D eigenvalue weighted by Crippen LogP contribution is 2.29.